The van der Waals surface area contributed by atoms with Crippen molar-refractivity contribution in [2.24, 2.45) is 0 Å². The molecule has 3 amide bonds. The summed E-state index contributed by atoms with van der Waals surface area (Å²) in [6.07, 6.45) is 2.15. The van der Waals surface area contributed by atoms with Gasteiger partial charge in [-0.05, 0) is 59.7 Å². The number of carbonyl (C=O) groups is 3. The molecule has 150 valence electrons. The molecule has 1 fully saturated rings. The summed E-state index contributed by atoms with van der Waals surface area (Å²) in [5.74, 6) is -0.915. The highest BCUT2D eigenvalue weighted by Crippen LogP contribution is 2.32. The van der Waals surface area contributed by atoms with E-state index in [-0.39, 0.29) is 35.3 Å². The molecule has 0 bridgehead atoms. The first kappa shape index (κ1) is 20.6. The number of aromatic hydroxyl groups is 1. The van der Waals surface area contributed by atoms with Gasteiger partial charge in [0.1, 0.15) is 11.6 Å². The lowest BCUT2D eigenvalue weighted by Crippen LogP contribution is -2.34. The van der Waals surface area contributed by atoms with Gasteiger partial charge in [-0.2, -0.15) is 0 Å². The fraction of sp³-hybridized carbons (Fsp3) is 0.190. The van der Waals surface area contributed by atoms with E-state index in [4.69, 9.17) is 0 Å². The number of nitrogens with zero attached hydrogens (tertiary/aromatic N) is 1. The fourth-order valence-electron chi connectivity index (χ4n) is 2.71. The Morgan fingerprint density at radius 3 is 2.48 bits per heavy atom. The van der Waals surface area contributed by atoms with Crippen molar-refractivity contribution in [2.75, 3.05) is 13.1 Å². The zero-order valence-electron chi connectivity index (χ0n) is 15.4. The third kappa shape index (κ3) is 5.68. The molecule has 1 aliphatic heterocycles. The first-order chi connectivity index (χ1) is 13.9. The highest BCUT2D eigenvalue weighted by atomic mass is 32.2. The van der Waals surface area contributed by atoms with E-state index in [2.05, 4.69) is 5.32 Å². The summed E-state index contributed by atoms with van der Waals surface area (Å²) in [4.78, 5) is 37.8. The predicted molar refractivity (Wildman–Crippen MR) is 109 cm³/mol. The van der Waals surface area contributed by atoms with E-state index in [1.54, 1.807) is 24.3 Å². The number of rotatable bonds is 7. The topological polar surface area (TPSA) is 86.7 Å². The Balaban J connectivity index is 1.47. The van der Waals surface area contributed by atoms with Crippen LogP contribution in [0.25, 0.3) is 6.08 Å². The number of phenols is 1. The molecule has 29 heavy (non-hydrogen) atoms. The molecule has 0 spiro atoms. The summed E-state index contributed by atoms with van der Waals surface area (Å²) in [5.41, 5.74) is 1.59. The molecule has 1 heterocycles. The van der Waals surface area contributed by atoms with Crippen LogP contribution in [-0.4, -0.2) is 40.1 Å². The number of benzene rings is 2. The highest BCUT2D eigenvalue weighted by Gasteiger charge is 2.34. The van der Waals surface area contributed by atoms with Gasteiger partial charge in [-0.25, -0.2) is 4.39 Å². The number of hydrogen-bond acceptors (Lipinski definition) is 5. The lowest BCUT2D eigenvalue weighted by atomic mass is 10.1. The molecule has 6 nitrogen and oxygen atoms in total. The van der Waals surface area contributed by atoms with E-state index in [9.17, 15) is 23.9 Å². The Labute approximate surface area is 171 Å². The lowest BCUT2D eigenvalue weighted by molar-refractivity contribution is -0.124. The smallest absolute Gasteiger partial charge is 0.293 e. The van der Waals surface area contributed by atoms with Crippen LogP contribution >= 0.6 is 11.8 Å². The van der Waals surface area contributed by atoms with Gasteiger partial charge >= 0.3 is 0 Å². The summed E-state index contributed by atoms with van der Waals surface area (Å²) >= 11 is 0.801. The molecule has 8 heteroatoms. The number of amides is 3. The Hall–Kier alpha value is -3.13. The van der Waals surface area contributed by atoms with E-state index < -0.39 is 11.1 Å². The summed E-state index contributed by atoms with van der Waals surface area (Å²) in [7, 11) is 0. The molecule has 2 aromatic carbocycles. The first-order valence-corrected chi connectivity index (χ1v) is 9.79. The van der Waals surface area contributed by atoms with Gasteiger partial charge in [0.25, 0.3) is 11.1 Å². The minimum atomic E-state index is -0.457. The third-order valence-electron chi connectivity index (χ3n) is 4.28. The van der Waals surface area contributed by atoms with Gasteiger partial charge in [-0.3, -0.25) is 19.3 Å². The largest absolute Gasteiger partial charge is 0.508 e. The molecule has 0 unspecified atom stereocenters. The summed E-state index contributed by atoms with van der Waals surface area (Å²) < 4.78 is 13.0. The molecule has 0 atom stereocenters. The van der Waals surface area contributed by atoms with Crippen LogP contribution in [0.5, 0.6) is 5.75 Å². The Morgan fingerprint density at radius 1 is 1.10 bits per heavy atom. The maximum absolute atomic E-state index is 13.0. The number of hydrogen-bond donors (Lipinski definition) is 2. The highest BCUT2D eigenvalue weighted by molar-refractivity contribution is 8.18. The van der Waals surface area contributed by atoms with Gasteiger partial charge in [0.2, 0.25) is 5.91 Å². The lowest BCUT2D eigenvalue weighted by Gasteiger charge is -2.12. The van der Waals surface area contributed by atoms with Crippen LogP contribution in [-0.2, 0) is 16.0 Å². The number of halogens is 1. The first-order valence-electron chi connectivity index (χ1n) is 8.98. The van der Waals surface area contributed by atoms with Crippen molar-refractivity contribution >= 4 is 34.9 Å². The van der Waals surface area contributed by atoms with E-state index in [1.165, 1.54) is 30.3 Å². The minimum Gasteiger partial charge on any atom is -0.508 e. The van der Waals surface area contributed by atoms with Crippen molar-refractivity contribution in [1.29, 1.82) is 0 Å². The maximum atomic E-state index is 13.0. The second-order valence-corrected chi connectivity index (χ2v) is 7.39. The molecule has 2 N–H and O–H groups in total. The van der Waals surface area contributed by atoms with E-state index >= 15 is 0 Å². The summed E-state index contributed by atoms with van der Waals surface area (Å²) in [5, 5.41) is 11.6. The van der Waals surface area contributed by atoms with Gasteiger partial charge in [-0.15, -0.1) is 0 Å². The maximum Gasteiger partial charge on any atom is 0.293 e. The summed E-state index contributed by atoms with van der Waals surface area (Å²) in [6, 6.07) is 12.3. The van der Waals surface area contributed by atoms with Gasteiger partial charge in [0.05, 0.1) is 4.91 Å². The van der Waals surface area contributed by atoms with Crippen LogP contribution in [0.3, 0.4) is 0 Å². The number of nitrogens with one attached hydrogen (secondary N) is 1. The second kappa shape index (κ2) is 9.38. The molecule has 0 radical (unpaired) electrons. The molecule has 0 saturated carbocycles. The van der Waals surface area contributed by atoms with Crippen LogP contribution in [0.15, 0.2) is 53.4 Å². The molecule has 1 aliphatic rings. The van der Waals surface area contributed by atoms with E-state index in [0.717, 1.165) is 22.2 Å². The van der Waals surface area contributed by atoms with Crippen LogP contribution < -0.4 is 5.32 Å². The number of imide groups is 1. The third-order valence-corrected chi connectivity index (χ3v) is 5.18. The van der Waals surface area contributed by atoms with Crippen molar-refractivity contribution in [2.45, 2.75) is 12.8 Å². The predicted octanol–water partition coefficient (Wildman–Crippen LogP) is 3.32. The number of thioether (sulfide) groups is 1. The van der Waals surface area contributed by atoms with E-state index in [1.807, 2.05) is 0 Å². The van der Waals surface area contributed by atoms with Gasteiger partial charge in [0.15, 0.2) is 0 Å². The van der Waals surface area contributed by atoms with Crippen molar-refractivity contribution in [1.82, 2.24) is 10.2 Å². The normalized spacial score (nSPS) is 15.2. The standard InChI is InChI=1S/C21H19FN2O4S/c22-16-5-1-15(2-6-16)13-18-20(27)24(21(28)29-18)12-10-19(26)23-11-9-14-3-7-17(25)8-4-14/h1-8,13,25H,9-12H2,(H,23,26)/b18-13-. The van der Waals surface area contributed by atoms with Crippen LogP contribution in [0.2, 0.25) is 0 Å². The van der Waals surface area contributed by atoms with E-state index in [0.29, 0.717) is 18.5 Å². The molecule has 0 aliphatic carbocycles. The Morgan fingerprint density at radius 2 is 1.79 bits per heavy atom. The number of carbonyl (C=O) groups excluding carboxylic acids is 3. The quantitative estimate of drug-likeness (QED) is 0.679. The van der Waals surface area contributed by atoms with Gasteiger partial charge < -0.3 is 10.4 Å². The van der Waals surface area contributed by atoms with Crippen molar-refractivity contribution in [3.8, 4) is 5.75 Å². The van der Waals surface area contributed by atoms with Crippen LogP contribution in [0.1, 0.15) is 17.5 Å². The fourth-order valence-corrected chi connectivity index (χ4v) is 3.58. The molecule has 1 saturated heterocycles. The van der Waals surface area contributed by atoms with Crippen molar-refractivity contribution < 1.29 is 23.9 Å². The molecular weight excluding hydrogens is 395 g/mol. The van der Waals surface area contributed by atoms with Gasteiger partial charge in [0, 0.05) is 19.5 Å². The Bertz CT molecular complexity index is 942. The molecule has 2 aromatic rings. The second-order valence-electron chi connectivity index (χ2n) is 6.40. The van der Waals surface area contributed by atoms with Crippen LogP contribution in [0.4, 0.5) is 9.18 Å². The molecule has 3 rings (SSSR count). The average molecular weight is 414 g/mol. The minimum absolute atomic E-state index is 0.00350. The van der Waals surface area contributed by atoms with Crippen molar-refractivity contribution in [3.05, 3.63) is 70.4 Å². The Kier molecular flexibility index (Phi) is 6.66. The van der Waals surface area contributed by atoms with Gasteiger partial charge in [-0.1, -0.05) is 24.3 Å². The SMILES string of the molecule is O=C(CCN1C(=O)S/C(=C\c2ccc(F)cc2)C1=O)NCCc1ccc(O)cc1. The molecular formula is C21H19FN2O4S. The average Bonchev–Trinajstić information content (AvgIpc) is 2.96. The van der Waals surface area contributed by atoms with Crippen molar-refractivity contribution in [3.63, 3.8) is 0 Å². The molecule has 0 aromatic heterocycles. The zero-order valence-corrected chi connectivity index (χ0v) is 16.2. The van der Waals surface area contributed by atoms with Crippen LogP contribution in [0, 0.1) is 5.82 Å². The zero-order chi connectivity index (χ0) is 20.8. The monoisotopic (exact) mass is 414 g/mol. The number of phenolic OH excluding ortho intramolecular Hbond substituents is 1. The summed E-state index contributed by atoms with van der Waals surface area (Å²) in [6.45, 7) is 0.409.